The van der Waals surface area contributed by atoms with Crippen LogP contribution in [0.5, 0.6) is 11.5 Å². The predicted octanol–water partition coefficient (Wildman–Crippen LogP) is 7.31. The molecular formula is C34H26N6O11S3. The lowest BCUT2D eigenvalue weighted by Gasteiger charge is -2.10. The molecule has 6 aromatic carbocycles. The van der Waals surface area contributed by atoms with E-state index < -0.39 is 56.5 Å². The van der Waals surface area contributed by atoms with Gasteiger partial charge in [0, 0.05) is 22.1 Å². The average molecular weight is 791 g/mol. The molecule has 0 spiro atoms. The number of nitrogens with two attached hydrogens (primary N) is 2. The Morgan fingerprint density at radius 2 is 1.17 bits per heavy atom. The van der Waals surface area contributed by atoms with Crippen LogP contribution in [0.25, 0.3) is 33.7 Å². The topological polar surface area (TPSA) is 305 Å². The summed E-state index contributed by atoms with van der Waals surface area (Å²) in [5, 5.41) is 37.9. The Labute approximate surface area is 306 Å². The Morgan fingerprint density at radius 1 is 0.537 bits per heavy atom. The van der Waals surface area contributed by atoms with Crippen molar-refractivity contribution < 1.29 is 49.1 Å². The summed E-state index contributed by atoms with van der Waals surface area (Å²) in [7, 11) is -14.3. The molecular weight excluding hydrogens is 765 g/mol. The van der Waals surface area contributed by atoms with Crippen LogP contribution in [0, 0.1) is 0 Å². The molecule has 0 unspecified atom stereocenters. The van der Waals surface area contributed by atoms with Gasteiger partial charge in [-0.2, -0.15) is 35.5 Å². The monoisotopic (exact) mass is 790 g/mol. The highest BCUT2D eigenvalue weighted by atomic mass is 32.2. The van der Waals surface area contributed by atoms with Gasteiger partial charge in [-0.3, -0.25) is 13.7 Å². The maximum absolute atomic E-state index is 12.3. The summed E-state index contributed by atoms with van der Waals surface area (Å²) < 4.78 is 101. The van der Waals surface area contributed by atoms with Crippen molar-refractivity contribution in [3.05, 3.63) is 102 Å². The third-order valence-corrected chi connectivity index (χ3v) is 10.5. The Balaban J connectivity index is 1.25. The Bertz CT molecular complexity index is 2950. The molecule has 0 aliphatic rings. The molecule has 0 aliphatic heterocycles. The van der Waals surface area contributed by atoms with E-state index >= 15 is 0 Å². The molecule has 276 valence electrons. The van der Waals surface area contributed by atoms with Crippen LogP contribution in [0.3, 0.4) is 0 Å². The second kappa shape index (κ2) is 13.9. The van der Waals surface area contributed by atoms with E-state index in [1.54, 1.807) is 24.3 Å². The van der Waals surface area contributed by atoms with Crippen molar-refractivity contribution in [2.24, 2.45) is 20.5 Å². The van der Waals surface area contributed by atoms with Crippen LogP contribution in [0.4, 0.5) is 34.1 Å². The van der Waals surface area contributed by atoms with Crippen LogP contribution >= 0.6 is 0 Å². The lowest BCUT2D eigenvalue weighted by atomic mass is 10.1. The zero-order chi connectivity index (χ0) is 39.2. The third-order valence-electron chi connectivity index (χ3n) is 7.92. The Morgan fingerprint density at radius 3 is 1.83 bits per heavy atom. The van der Waals surface area contributed by atoms with E-state index in [0.717, 1.165) is 24.3 Å². The van der Waals surface area contributed by atoms with Gasteiger partial charge in [-0.1, -0.05) is 48.6 Å². The van der Waals surface area contributed by atoms with Gasteiger partial charge in [0.2, 0.25) is 0 Å². The van der Waals surface area contributed by atoms with Crippen LogP contribution in [0.1, 0.15) is 11.1 Å². The van der Waals surface area contributed by atoms with Gasteiger partial charge in [0.1, 0.15) is 21.2 Å². The van der Waals surface area contributed by atoms with Crippen molar-refractivity contribution in [2.45, 2.75) is 14.7 Å². The summed E-state index contributed by atoms with van der Waals surface area (Å²) in [4.78, 5) is -1.79. The first-order valence-corrected chi connectivity index (χ1v) is 19.4. The molecule has 17 nitrogen and oxygen atoms in total. The molecule has 0 aliphatic carbocycles. The number of benzene rings is 6. The first kappa shape index (κ1) is 37.5. The number of hydrogen-bond acceptors (Lipinski definition) is 14. The highest BCUT2D eigenvalue weighted by molar-refractivity contribution is 7.86. The quantitative estimate of drug-likeness (QED) is 0.0327. The number of phenols is 2. The molecule has 0 radical (unpaired) electrons. The van der Waals surface area contributed by atoms with Gasteiger partial charge in [-0.05, 0) is 76.5 Å². The minimum absolute atomic E-state index is 0.0242. The molecule has 0 fully saturated rings. The number of anilines is 2. The van der Waals surface area contributed by atoms with E-state index in [2.05, 4.69) is 20.5 Å². The summed E-state index contributed by atoms with van der Waals surface area (Å²) in [5.74, 6) is -1.06. The lowest BCUT2D eigenvalue weighted by molar-refractivity contribution is 0.472. The fourth-order valence-corrected chi connectivity index (χ4v) is 7.31. The molecule has 0 saturated heterocycles. The molecule has 0 heterocycles. The molecule has 0 atom stereocenters. The standard InChI is InChI=1S/C34H26N6O11S3/c35-25-3-1-2-20-15-29(54(49,50)51)32(34(42)30(20)25)40-38-23-12-8-19(28(16-23)53(46,47)48)7-4-18-5-10-22(11-6-18)37-39-27-13-9-21-14-24(52(43,44)45)17-26(36)31(21)33(27)41/h1-17,41-42H,35-36H2,(H,43,44,45)(H,46,47,48)(H,49,50,51)/b7-4+,39-37?,40-38?. The highest BCUT2D eigenvalue weighted by Gasteiger charge is 2.23. The Kier molecular flexibility index (Phi) is 9.66. The van der Waals surface area contributed by atoms with Crippen LogP contribution in [0.15, 0.2) is 126 Å². The molecule has 6 aromatic rings. The molecule has 0 saturated carbocycles. The van der Waals surface area contributed by atoms with E-state index in [4.69, 9.17) is 11.5 Å². The fourth-order valence-electron chi connectivity index (χ4n) is 5.39. The predicted molar refractivity (Wildman–Crippen MR) is 200 cm³/mol. The van der Waals surface area contributed by atoms with Gasteiger partial charge in [-0.25, -0.2) is 0 Å². The van der Waals surface area contributed by atoms with Crippen molar-refractivity contribution >= 4 is 98.2 Å². The number of fused-ring (bicyclic) bond motifs is 2. The van der Waals surface area contributed by atoms with Gasteiger partial charge >= 0.3 is 0 Å². The minimum atomic E-state index is -4.92. The zero-order valence-corrected chi connectivity index (χ0v) is 29.6. The van der Waals surface area contributed by atoms with Crippen molar-refractivity contribution in [3.63, 3.8) is 0 Å². The van der Waals surface area contributed by atoms with E-state index in [-0.39, 0.29) is 55.6 Å². The largest absolute Gasteiger partial charge is 0.505 e. The second-order valence-electron chi connectivity index (χ2n) is 11.5. The maximum atomic E-state index is 12.3. The van der Waals surface area contributed by atoms with Gasteiger partial charge in [0.05, 0.1) is 16.3 Å². The lowest BCUT2D eigenvalue weighted by Crippen LogP contribution is -2.00. The average Bonchev–Trinajstić information content (AvgIpc) is 3.09. The fraction of sp³-hybridized carbons (Fsp3) is 0. The highest BCUT2D eigenvalue weighted by Crippen LogP contribution is 2.44. The number of aromatic hydroxyl groups is 2. The normalized spacial score (nSPS) is 12.9. The first-order valence-electron chi connectivity index (χ1n) is 15.1. The molecule has 6 rings (SSSR count). The molecule has 0 amide bonds. The van der Waals surface area contributed by atoms with Crippen LogP contribution in [0.2, 0.25) is 0 Å². The van der Waals surface area contributed by atoms with Crippen molar-refractivity contribution in [1.29, 1.82) is 0 Å². The third kappa shape index (κ3) is 7.73. The van der Waals surface area contributed by atoms with Gasteiger partial charge in [0.15, 0.2) is 11.5 Å². The Hall–Kier alpha value is -6.29. The molecule has 54 heavy (non-hydrogen) atoms. The molecule has 0 aromatic heterocycles. The zero-order valence-electron chi connectivity index (χ0n) is 27.2. The number of phenolic OH excluding ortho intramolecular Hbond substituents is 2. The van der Waals surface area contributed by atoms with Gasteiger partial charge in [-0.15, -0.1) is 10.2 Å². The second-order valence-corrected chi connectivity index (χ2v) is 15.7. The van der Waals surface area contributed by atoms with E-state index in [1.165, 1.54) is 54.6 Å². The van der Waals surface area contributed by atoms with Crippen molar-refractivity contribution in [1.82, 2.24) is 0 Å². The number of nitrogen functional groups attached to an aromatic ring is 2. The SMILES string of the molecule is Nc1cc(S(=O)(=O)O)cc2ccc(N=Nc3ccc(/C=C/c4ccc(N=Nc5c(S(=O)(=O)O)cc6cccc(N)c6c5O)cc4S(=O)(=O)O)cc3)c(O)c12. The minimum Gasteiger partial charge on any atom is -0.505 e. The summed E-state index contributed by atoms with van der Waals surface area (Å²) in [6.45, 7) is 0. The number of rotatable bonds is 9. The van der Waals surface area contributed by atoms with Crippen LogP contribution < -0.4 is 11.5 Å². The van der Waals surface area contributed by atoms with E-state index in [1.807, 2.05) is 0 Å². The van der Waals surface area contributed by atoms with Crippen molar-refractivity contribution in [2.75, 3.05) is 11.5 Å². The number of nitrogens with zero attached hydrogens (tertiary/aromatic N) is 4. The van der Waals surface area contributed by atoms with E-state index in [9.17, 15) is 49.1 Å². The van der Waals surface area contributed by atoms with Crippen LogP contribution in [-0.2, 0) is 30.4 Å². The molecule has 20 heteroatoms. The molecule has 0 bridgehead atoms. The van der Waals surface area contributed by atoms with Gasteiger partial charge in [0.25, 0.3) is 30.4 Å². The number of azo groups is 2. The smallest absolute Gasteiger partial charge is 0.296 e. The summed E-state index contributed by atoms with van der Waals surface area (Å²) in [6, 6.07) is 20.4. The van der Waals surface area contributed by atoms with Crippen LogP contribution in [-0.4, -0.2) is 49.1 Å². The molecule has 9 N–H and O–H groups in total. The van der Waals surface area contributed by atoms with Crippen molar-refractivity contribution in [3.8, 4) is 11.5 Å². The summed E-state index contributed by atoms with van der Waals surface area (Å²) in [5.41, 5.74) is 12.0. The number of hydrogen-bond donors (Lipinski definition) is 7. The summed E-state index contributed by atoms with van der Waals surface area (Å²) >= 11 is 0. The first-order chi connectivity index (χ1) is 25.3. The summed E-state index contributed by atoms with van der Waals surface area (Å²) in [6.07, 6.45) is 2.92. The van der Waals surface area contributed by atoms with Gasteiger partial charge < -0.3 is 21.7 Å². The van der Waals surface area contributed by atoms with E-state index in [0.29, 0.717) is 11.3 Å². The maximum Gasteiger partial charge on any atom is 0.296 e.